The zero-order chi connectivity index (χ0) is 16.1. The molecule has 8 heteroatoms. The molecule has 4 rings (SSSR count). The predicted octanol–water partition coefficient (Wildman–Crippen LogP) is -2.09. The fourth-order valence-electron chi connectivity index (χ4n) is 2.49. The Morgan fingerprint density at radius 2 is 1.92 bits per heavy atom. The zero-order valence-electron chi connectivity index (χ0n) is 12.4. The van der Waals surface area contributed by atoms with Gasteiger partial charge in [0, 0.05) is 12.1 Å². The van der Waals surface area contributed by atoms with Crippen molar-refractivity contribution in [3.05, 3.63) is 52.3 Å². The molecule has 1 N–H and O–H groups in total. The normalized spacial score (nSPS) is 10.8. The number of hydrogen-bond acceptors (Lipinski definition) is 7. The summed E-state index contributed by atoms with van der Waals surface area (Å²) in [5.41, 5.74) is -0.0559. The summed E-state index contributed by atoms with van der Waals surface area (Å²) < 4.78 is 5.64. The summed E-state index contributed by atoms with van der Waals surface area (Å²) in [5, 5.41) is 21.1. The van der Waals surface area contributed by atoms with Crippen LogP contribution in [0.1, 0.15) is 10.5 Å². The molecule has 1 aromatic carbocycles. The van der Waals surface area contributed by atoms with Crippen LogP contribution in [-0.4, -0.2) is 21.0 Å². The van der Waals surface area contributed by atoms with Crippen molar-refractivity contribution in [1.82, 2.24) is 9.97 Å². The largest absolute Gasteiger partial charge is 1.00 e. The van der Waals surface area contributed by atoms with E-state index < -0.39 is 22.8 Å². The summed E-state index contributed by atoms with van der Waals surface area (Å²) in [5.74, 6) is -1.83. The van der Waals surface area contributed by atoms with E-state index in [-0.39, 0.29) is 51.9 Å². The molecule has 7 nitrogen and oxygen atoms in total. The summed E-state index contributed by atoms with van der Waals surface area (Å²) in [7, 11) is 0. The van der Waals surface area contributed by atoms with Gasteiger partial charge in [0.2, 0.25) is 5.43 Å². The number of aromatic carboxylic acids is 1. The molecular weight excluding hydrogens is 323 g/mol. The smallest absolute Gasteiger partial charge is 0.543 e. The second kappa shape index (κ2) is 5.86. The first-order chi connectivity index (χ1) is 11.0. The van der Waals surface area contributed by atoms with Gasteiger partial charge >= 0.3 is 29.6 Å². The molecule has 0 saturated carbocycles. The Hall–Kier alpha value is -2.48. The van der Waals surface area contributed by atoms with Crippen LogP contribution < -0.4 is 40.1 Å². The van der Waals surface area contributed by atoms with Crippen LogP contribution in [0.15, 0.2) is 45.6 Å². The summed E-state index contributed by atoms with van der Waals surface area (Å²) in [6.45, 7) is 0. The van der Waals surface area contributed by atoms with Crippen LogP contribution in [-0.2, 0) is 0 Å². The van der Waals surface area contributed by atoms with Gasteiger partial charge in [0.05, 0.1) is 17.0 Å². The van der Waals surface area contributed by atoms with Crippen molar-refractivity contribution in [2.75, 3.05) is 0 Å². The third-order valence-electron chi connectivity index (χ3n) is 3.49. The van der Waals surface area contributed by atoms with Crippen molar-refractivity contribution >= 4 is 28.0 Å². The van der Waals surface area contributed by atoms with Crippen LogP contribution in [0.2, 0.25) is 0 Å². The third-order valence-corrected chi connectivity index (χ3v) is 3.49. The fourth-order valence-corrected chi connectivity index (χ4v) is 2.49. The molecule has 24 heavy (non-hydrogen) atoms. The zero-order valence-corrected chi connectivity index (χ0v) is 14.4. The van der Waals surface area contributed by atoms with Crippen LogP contribution in [0.3, 0.4) is 0 Å². The Morgan fingerprint density at radius 1 is 1.17 bits per heavy atom. The molecule has 0 saturated heterocycles. The van der Waals surface area contributed by atoms with Gasteiger partial charge in [-0.15, -0.1) is 0 Å². The number of carboxylic acids is 1. The molecule has 1 aliphatic heterocycles. The molecule has 112 valence electrons. The first-order valence-electron chi connectivity index (χ1n) is 6.62. The molecule has 0 amide bonds. The molecule has 2 aliphatic rings. The van der Waals surface area contributed by atoms with Crippen molar-refractivity contribution in [2.45, 2.75) is 0 Å². The van der Waals surface area contributed by atoms with E-state index in [0.717, 1.165) is 6.07 Å². The van der Waals surface area contributed by atoms with Crippen LogP contribution in [0, 0.1) is 0 Å². The van der Waals surface area contributed by atoms with Crippen molar-refractivity contribution in [2.24, 2.45) is 0 Å². The van der Waals surface area contributed by atoms with E-state index in [1.54, 1.807) is 24.3 Å². The number of nitrogens with zero attached hydrogens (tertiary/aromatic N) is 2. The average Bonchev–Trinajstić information content (AvgIpc) is 2.53. The van der Waals surface area contributed by atoms with E-state index in [0.29, 0.717) is 11.1 Å². The number of carbonyl (C=O) groups excluding carboxylic acids is 1. The number of fused-ring (bicyclic) bond motifs is 4. The van der Waals surface area contributed by atoms with Crippen molar-refractivity contribution in [1.29, 1.82) is 0 Å². The Labute approximate surface area is 156 Å². The van der Waals surface area contributed by atoms with E-state index in [2.05, 4.69) is 9.97 Å². The number of aromatic nitrogens is 2. The standard InChI is InChI=1S/C16H8N2O5.Na/c19-9-5-8(16(21)22)18-14-10(20)6-12-15(13(9)14)17-7-3-1-2-4-11(7)23-12;/h1-6H,(H,18,19)(H,21,22);/q;+1/p-1. The maximum atomic E-state index is 12.2. The Kier molecular flexibility index (Phi) is 4.00. The van der Waals surface area contributed by atoms with Crippen LogP contribution in [0.4, 0.5) is 0 Å². The Balaban J connectivity index is 0.00000169. The van der Waals surface area contributed by atoms with Crippen LogP contribution in [0.5, 0.6) is 5.75 Å². The molecule has 2 aromatic rings. The second-order valence-corrected chi connectivity index (χ2v) is 4.94. The number of hydrogen-bond donors (Lipinski definition) is 1. The molecule has 1 aromatic heterocycles. The Morgan fingerprint density at radius 3 is 2.67 bits per heavy atom. The van der Waals surface area contributed by atoms with E-state index in [9.17, 15) is 19.8 Å². The van der Waals surface area contributed by atoms with Gasteiger partial charge in [-0.2, -0.15) is 0 Å². The first kappa shape index (κ1) is 16.4. The molecule has 0 radical (unpaired) electrons. The van der Waals surface area contributed by atoms with E-state index in [4.69, 9.17) is 4.42 Å². The minimum atomic E-state index is -1.59. The molecule has 1 aliphatic carbocycles. The maximum absolute atomic E-state index is 12.2. The monoisotopic (exact) mass is 330 g/mol. The molecule has 0 fully saturated rings. The quantitative estimate of drug-likeness (QED) is 0.242. The Bertz CT molecular complexity index is 1140. The predicted molar refractivity (Wildman–Crippen MR) is 78.2 cm³/mol. The number of pyridine rings is 1. The molecule has 0 bridgehead atoms. The van der Waals surface area contributed by atoms with Gasteiger partial charge in [-0.25, -0.2) is 9.97 Å². The van der Waals surface area contributed by atoms with Crippen LogP contribution >= 0.6 is 0 Å². The minimum absolute atomic E-state index is 0. The first-order valence-corrected chi connectivity index (χ1v) is 6.62. The van der Waals surface area contributed by atoms with Gasteiger partial charge in [0.15, 0.2) is 11.3 Å². The molecule has 2 heterocycles. The third kappa shape index (κ3) is 2.43. The van der Waals surface area contributed by atoms with Gasteiger partial charge in [-0.3, -0.25) is 4.79 Å². The van der Waals surface area contributed by atoms with Gasteiger partial charge in [-0.1, -0.05) is 12.1 Å². The van der Waals surface area contributed by atoms with Crippen molar-refractivity contribution in [3.8, 4) is 17.2 Å². The summed E-state index contributed by atoms with van der Waals surface area (Å²) in [6, 6.07) is 9.05. The number of aromatic hydroxyl groups is 1. The topological polar surface area (TPSA) is 116 Å². The maximum Gasteiger partial charge on any atom is 1.00 e. The van der Waals surface area contributed by atoms with Crippen molar-refractivity contribution in [3.63, 3.8) is 0 Å². The summed E-state index contributed by atoms with van der Waals surface area (Å²) >= 11 is 0. The number of rotatable bonds is 1. The summed E-state index contributed by atoms with van der Waals surface area (Å²) in [6.07, 6.45) is 0. The average molecular weight is 330 g/mol. The fraction of sp³-hybridized carbons (Fsp3) is 0. The van der Waals surface area contributed by atoms with E-state index >= 15 is 0 Å². The summed E-state index contributed by atoms with van der Waals surface area (Å²) in [4.78, 5) is 31.2. The van der Waals surface area contributed by atoms with E-state index in [1.165, 1.54) is 6.07 Å². The number of carbonyl (C=O) groups is 1. The van der Waals surface area contributed by atoms with Crippen LogP contribution in [0.25, 0.3) is 33.5 Å². The molecular formula is C16H7N2NaO5. The molecule has 0 spiro atoms. The van der Waals surface area contributed by atoms with Gasteiger partial charge in [0.25, 0.3) is 0 Å². The van der Waals surface area contributed by atoms with Crippen molar-refractivity contribution < 1.29 is 49.0 Å². The number of para-hydroxylation sites is 2. The molecule has 0 unspecified atom stereocenters. The van der Waals surface area contributed by atoms with E-state index in [1.807, 2.05) is 0 Å². The van der Waals surface area contributed by atoms with Gasteiger partial charge in [-0.05, 0) is 12.1 Å². The SMILES string of the molecule is O=C([O-])c1cc(O)c2c3nc4ccccc4oc-3cc(=O)c2n1.[Na+]. The minimum Gasteiger partial charge on any atom is -0.543 e. The second-order valence-electron chi connectivity index (χ2n) is 4.94. The molecule has 0 atom stereocenters. The number of carboxylic acid groups (broad SMARTS) is 1. The number of benzene rings is 2. The van der Waals surface area contributed by atoms with Gasteiger partial charge in [0.1, 0.15) is 22.5 Å². The van der Waals surface area contributed by atoms with Gasteiger partial charge < -0.3 is 19.4 Å².